The van der Waals surface area contributed by atoms with E-state index in [9.17, 15) is 0 Å². The van der Waals surface area contributed by atoms with Gasteiger partial charge in [0.05, 0.1) is 6.61 Å². The van der Waals surface area contributed by atoms with Gasteiger partial charge in [0.1, 0.15) is 0 Å². The van der Waals surface area contributed by atoms with E-state index in [1.807, 2.05) is 0 Å². The highest BCUT2D eigenvalue weighted by molar-refractivity contribution is 4.77. The van der Waals surface area contributed by atoms with Crippen molar-refractivity contribution in [2.24, 2.45) is 0 Å². The molecule has 0 aromatic heterocycles. The molecule has 1 saturated heterocycles. The third-order valence-corrected chi connectivity index (χ3v) is 3.45. The summed E-state index contributed by atoms with van der Waals surface area (Å²) >= 11 is 0. The van der Waals surface area contributed by atoms with Crippen LogP contribution in [0, 0.1) is 0 Å². The third-order valence-electron chi connectivity index (χ3n) is 3.45. The van der Waals surface area contributed by atoms with Crippen LogP contribution < -0.4 is 5.32 Å². The Morgan fingerprint density at radius 3 is 2.73 bits per heavy atom. The zero-order valence-corrected chi connectivity index (χ0v) is 10.2. The predicted molar refractivity (Wildman–Crippen MR) is 64.1 cm³/mol. The molecule has 0 aromatic rings. The minimum Gasteiger partial charge on any atom is -0.395 e. The van der Waals surface area contributed by atoms with Gasteiger partial charge in [-0.15, -0.1) is 0 Å². The summed E-state index contributed by atoms with van der Waals surface area (Å²) in [6, 6.07) is 0.904. The van der Waals surface area contributed by atoms with Gasteiger partial charge in [-0.25, -0.2) is 0 Å². The van der Waals surface area contributed by atoms with Gasteiger partial charge < -0.3 is 15.3 Å². The number of aliphatic hydroxyl groups excluding tert-OH is 1. The molecule has 1 rings (SSSR count). The van der Waals surface area contributed by atoms with Gasteiger partial charge in [0, 0.05) is 12.1 Å². The molecule has 90 valence electrons. The molecule has 2 unspecified atom stereocenters. The molecule has 1 aliphatic heterocycles. The predicted octanol–water partition coefficient (Wildman–Crippen LogP) is 1.22. The van der Waals surface area contributed by atoms with Crippen LogP contribution in [0.25, 0.3) is 0 Å². The van der Waals surface area contributed by atoms with Crippen LogP contribution in [0.5, 0.6) is 0 Å². The normalized spacial score (nSPS) is 26.2. The first-order valence-electron chi connectivity index (χ1n) is 6.39. The van der Waals surface area contributed by atoms with Crippen LogP contribution in [-0.2, 0) is 0 Å². The first-order valence-corrected chi connectivity index (χ1v) is 6.39. The highest BCUT2D eigenvalue weighted by Gasteiger charge is 2.17. The van der Waals surface area contributed by atoms with Crippen molar-refractivity contribution in [2.75, 3.05) is 26.2 Å². The number of hydrogen-bond donors (Lipinski definition) is 2. The Balaban J connectivity index is 2.30. The van der Waals surface area contributed by atoms with E-state index in [-0.39, 0.29) is 6.61 Å². The summed E-state index contributed by atoms with van der Waals surface area (Å²) in [6.45, 7) is 8.24. The second-order valence-corrected chi connectivity index (χ2v) is 4.52. The summed E-state index contributed by atoms with van der Waals surface area (Å²) in [7, 11) is 0. The van der Waals surface area contributed by atoms with Crippen LogP contribution in [0.1, 0.15) is 39.5 Å². The highest BCUT2D eigenvalue weighted by atomic mass is 16.3. The Hall–Kier alpha value is -0.120. The lowest BCUT2D eigenvalue weighted by molar-refractivity contribution is 0.222. The van der Waals surface area contributed by atoms with Crippen molar-refractivity contribution in [1.82, 2.24) is 10.2 Å². The Morgan fingerprint density at radius 2 is 2.13 bits per heavy atom. The number of rotatable bonds is 5. The minimum atomic E-state index is 0.268. The van der Waals surface area contributed by atoms with Gasteiger partial charge in [-0.1, -0.05) is 13.8 Å². The molecule has 0 bridgehead atoms. The quantitative estimate of drug-likeness (QED) is 0.722. The van der Waals surface area contributed by atoms with Crippen molar-refractivity contribution in [3.63, 3.8) is 0 Å². The van der Waals surface area contributed by atoms with Gasteiger partial charge in [0.25, 0.3) is 0 Å². The van der Waals surface area contributed by atoms with Crippen LogP contribution in [0.3, 0.4) is 0 Å². The van der Waals surface area contributed by atoms with E-state index in [4.69, 9.17) is 5.11 Å². The van der Waals surface area contributed by atoms with Gasteiger partial charge in [-0.2, -0.15) is 0 Å². The summed E-state index contributed by atoms with van der Waals surface area (Å²) in [5, 5.41) is 12.7. The van der Waals surface area contributed by atoms with E-state index in [1.165, 1.54) is 38.9 Å². The van der Waals surface area contributed by atoms with Crippen molar-refractivity contribution >= 4 is 0 Å². The van der Waals surface area contributed by atoms with Crippen LogP contribution in [0.4, 0.5) is 0 Å². The fraction of sp³-hybridized carbons (Fsp3) is 1.00. The molecule has 3 nitrogen and oxygen atoms in total. The second kappa shape index (κ2) is 7.20. The molecule has 0 radical (unpaired) electrons. The molecule has 0 spiro atoms. The van der Waals surface area contributed by atoms with E-state index >= 15 is 0 Å². The maximum absolute atomic E-state index is 9.15. The number of hydrogen-bond acceptors (Lipinski definition) is 3. The molecule has 2 atom stereocenters. The van der Waals surface area contributed by atoms with Gasteiger partial charge in [0.15, 0.2) is 0 Å². The monoisotopic (exact) mass is 214 g/mol. The standard InChI is InChI=1S/C12H26N2O/c1-3-11(10-15)13-12-6-5-8-14(4-2)9-7-12/h11-13,15H,3-10H2,1-2H3. The SMILES string of the molecule is CCC(CO)NC1CCCN(CC)CC1. The maximum atomic E-state index is 9.15. The molecule has 1 aliphatic rings. The lowest BCUT2D eigenvalue weighted by Crippen LogP contribution is -2.40. The minimum absolute atomic E-state index is 0.268. The molecule has 1 heterocycles. The number of likely N-dealkylation sites (tertiary alicyclic amines) is 1. The number of nitrogens with zero attached hydrogens (tertiary/aromatic N) is 1. The molecule has 0 saturated carbocycles. The summed E-state index contributed by atoms with van der Waals surface area (Å²) in [6.07, 6.45) is 4.79. The van der Waals surface area contributed by atoms with E-state index in [0.29, 0.717) is 12.1 Å². The highest BCUT2D eigenvalue weighted by Crippen LogP contribution is 2.11. The van der Waals surface area contributed by atoms with Crippen molar-refractivity contribution < 1.29 is 5.11 Å². The van der Waals surface area contributed by atoms with Gasteiger partial charge in [0.2, 0.25) is 0 Å². The van der Waals surface area contributed by atoms with Crippen molar-refractivity contribution in [2.45, 2.75) is 51.6 Å². The lowest BCUT2D eigenvalue weighted by atomic mass is 10.1. The fourth-order valence-electron chi connectivity index (χ4n) is 2.27. The van der Waals surface area contributed by atoms with E-state index in [1.54, 1.807) is 0 Å². The van der Waals surface area contributed by atoms with E-state index < -0.39 is 0 Å². The van der Waals surface area contributed by atoms with Gasteiger partial charge >= 0.3 is 0 Å². The summed E-state index contributed by atoms with van der Waals surface area (Å²) < 4.78 is 0. The zero-order valence-electron chi connectivity index (χ0n) is 10.2. The number of aliphatic hydroxyl groups is 1. The molecule has 2 N–H and O–H groups in total. The van der Waals surface area contributed by atoms with Crippen molar-refractivity contribution in [1.29, 1.82) is 0 Å². The van der Waals surface area contributed by atoms with Crippen LogP contribution >= 0.6 is 0 Å². The molecule has 0 amide bonds. The molecule has 0 aliphatic carbocycles. The topological polar surface area (TPSA) is 35.5 Å². The second-order valence-electron chi connectivity index (χ2n) is 4.52. The molecular formula is C12H26N2O. The fourth-order valence-corrected chi connectivity index (χ4v) is 2.27. The van der Waals surface area contributed by atoms with Crippen LogP contribution in [0.2, 0.25) is 0 Å². The Labute approximate surface area is 93.9 Å². The molecule has 15 heavy (non-hydrogen) atoms. The van der Waals surface area contributed by atoms with Crippen LogP contribution in [0.15, 0.2) is 0 Å². The summed E-state index contributed by atoms with van der Waals surface area (Å²) in [4.78, 5) is 2.52. The third kappa shape index (κ3) is 4.49. The summed E-state index contributed by atoms with van der Waals surface area (Å²) in [5.74, 6) is 0. The zero-order chi connectivity index (χ0) is 11.1. The van der Waals surface area contributed by atoms with Crippen molar-refractivity contribution in [3.8, 4) is 0 Å². The maximum Gasteiger partial charge on any atom is 0.0584 e. The summed E-state index contributed by atoms with van der Waals surface area (Å²) in [5.41, 5.74) is 0. The van der Waals surface area contributed by atoms with Crippen LogP contribution in [-0.4, -0.2) is 48.3 Å². The largest absolute Gasteiger partial charge is 0.395 e. The van der Waals surface area contributed by atoms with E-state index in [0.717, 1.165) is 6.42 Å². The first kappa shape index (κ1) is 12.9. The Kier molecular flexibility index (Phi) is 6.22. The lowest BCUT2D eigenvalue weighted by Gasteiger charge is -2.22. The smallest absolute Gasteiger partial charge is 0.0584 e. The van der Waals surface area contributed by atoms with Gasteiger partial charge in [-0.05, 0) is 45.3 Å². The average Bonchev–Trinajstić information content (AvgIpc) is 2.50. The van der Waals surface area contributed by atoms with E-state index in [2.05, 4.69) is 24.1 Å². The Bertz CT molecular complexity index is 160. The van der Waals surface area contributed by atoms with Gasteiger partial charge in [-0.3, -0.25) is 0 Å². The molecular weight excluding hydrogens is 188 g/mol. The Morgan fingerprint density at radius 1 is 1.33 bits per heavy atom. The molecule has 1 fully saturated rings. The molecule has 0 aromatic carbocycles. The number of nitrogens with one attached hydrogen (secondary N) is 1. The first-order chi connectivity index (χ1) is 7.30. The average molecular weight is 214 g/mol. The molecule has 3 heteroatoms. The van der Waals surface area contributed by atoms with Crippen molar-refractivity contribution in [3.05, 3.63) is 0 Å².